The molecule has 0 bridgehead atoms. The molecule has 1 aromatic heterocycles. The number of tetrazole rings is 1. The molecule has 1 fully saturated rings. The Morgan fingerprint density at radius 2 is 2.10 bits per heavy atom. The van der Waals surface area contributed by atoms with Gasteiger partial charge in [0.2, 0.25) is 0 Å². The lowest BCUT2D eigenvalue weighted by Gasteiger charge is -2.28. The standard InChI is InChI=1S/C18H17N7O3S/c26-18(15-5-2-8-24-9-10-29(27,28)21-17(15)24)19-13-4-1-3-12(11-13)16-20-22-23-25(16)14-6-7-14/h1-5,8,11,14H,6-7,9-10H2,(H,19,26). The number of rotatable bonds is 4. The van der Waals surface area contributed by atoms with Crippen LogP contribution in [0, 0.1) is 0 Å². The molecule has 10 nitrogen and oxygen atoms in total. The van der Waals surface area contributed by atoms with Crippen LogP contribution in [0.3, 0.4) is 0 Å². The number of carbonyl (C=O) groups is 1. The second kappa shape index (κ2) is 6.62. The fraction of sp³-hybridized carbons (Fsp3) is 0.278. The predicted octanol–water partition coefficient (Wildman–Crippen LogP) is 1.11. The van der Waals surface area contributed by atoms with Crippen molar-refractivity contribution in [3.8, 4) is 11.4 Å². The molecule has 1 aliphatic carbocycles. The number of fused-ring (bicyclic) bond motifs is 1. The van der Waals surface area contributed by atoms with Crippen molar-refractivity contribution < 1.29 is 13.2 Å². The minimum Gasteiger partial charge on any atom is -0.331 e. The molecule has 148 valence electrons. The summed E-state index contributed by atoms with van der Waals surface area (Å²) >= 11 is 0. The molecule has 1 N–H and O–H groups in total. The number of hydrogen-bond acceptors (Lipinski definition) is 7. The third kappa shape index (κ3) is 3.44. The van der Waals surface area contributed by atoms with Crippen molar-refractivity contribution in [2.24, 2.45) is 4.40 Å². The van der Waals surface area contributed by atoms with Gasteiger partial charge in [-0.2, -0.15) is 0 Å². The molecule has 1 amide bonds. The highest BCUT2D eigenvalue weighted by atomic mass is 32.2. The van der Waals surface area contributed by atoms with E-state index in [1.807, 2.05) is 6.07 Å². The number of amides is 1. The molecule has 3 aliphatic rings. The van der Waals surface area contributed by atoms with Gasteiger partial charge in [0.05, 0.1) is 17.4 Å². The molecule has 1 aromatic carbocycles. The van der Waals surface area contributed by atoms with E-state index < -0.39 is 15.9 Å². The molecule has 5 rings (SSSR count). The number of sulfonamides is 1. The van der Waals surface area contributed by atoms with Crippen LogP contribution >= 0.6 is 0 Å². The van der Waals surface area contributed by atoms with Gasteiger partial charge in [-0.1, -0.05) is 12.1 Å². The van der Waals surface area contributed by atoms with Crippen LogP contribution in [-0.2, 0) is 14.8 Å². The molecule has 11 heteroatoms. The number of anilines is 1. The molecular formula is C18H17N7O3S. The van der Waals surface area contributed by atoms with Gasteiger partial charge in [-0.15, -0.1) is 9.50 Å². The van der Waals surface area contributed by atoms with E-state index in [0.717, 1.165) is 18.4 Å². The topological polar surface area (TPSA) is 122 Å². The fourth-order valence-electron chi connectivity index (χ4n) is 3.28. The fourth-order valence-corrected chi connectivity index (χ4v) is 4.26. The van der Waals surface area contributed by atoms with E-state index in [1.165, 1.54) is 0 Å². The first-order chi connectivity index (χ1) is 14.0. The maximum atomic E-state index is 12.9. The SMILES string of the molecule is O=C(Nc1cccc(-c2nnnn2C2CC2)c1)C1=CC=CN2CCS(=O)(=O)N=C12. The first-order valence-electron chi connectivity index (χ1n) is 9.18. The number of benzene rings is 1. The summed E-state index contributed by atoms with van der Waals surface area (Å²) in [4.78, 5) is 14.5. The molecule has 29 heavy (non-hydrogen) atoms. The quantitative estimate of drug-likeness (QED) is 0.799. The third-order valence-electron chi connectivity index (χ3n) is 4.87. The summed E-state index contributed by atoms with van der Waals surface area (Å²) in [6.45, 7) is 0.265. The molecule has 0 radical (unpaired) electrons. The van der Waals surface area contributed by atoms with Gasteiger partial charge >= 0.3 is 0 Å². The second-order valence-electron chi connectivity index (χ2n) is 7.03. The lowest BCUT2D eigenvalue weighted by atomic mass is 10.1. The van der Waals surface area contributed by atoms with Crippen LogP contribution in [0.25, 0.3) is 11.4 Å². The molecule has 2 aromatic rings. The van der Waals surface area contributed by atoms with Crippen molar-refractivity contribution in [1.29, 1.82) is 0 Å². The molecule has 0 saturated heterocycles. The summed E-state index contributed by atoms with van der Waals surface area (Å²) in [6, 6.07) is 7.56. The number of carbonyl (C=O) groups excluding carboxylic acids is 1. The lowest BCUT2D eigenvalue weighted by Crippen LogP contribution is -2.40. The number of hydrogen-bond donors (Lipinski definition) is 1. The smallest absolute Gasteiger partial charge is 0.259 e. The third-order valence-corrected chi connectivity index (χ3v) is 6.02. The average Bonchev–Trinajstić information content (AvgIpc) is 3.43. The Morgan fingerprint density at radius 1 is 1.24 bits per heavy atom. The highest BCUT2D eigenvalue weighted by Crippen LogP contribution is 2.36. The summed E-state index contributed by atoms with van der Waals surface area (Å²) in [5.74, 6) is 0.282. The Balaban J connectivity index is 1.41. The number of nitrogens with one attached hydrogen (secondary N) is 1. The Hall–Kier alpha value is -3.34. The summed E-state index contributed by atoms with van der Waals surface area (Å²) in [6.07, 6.45) is 7.08. The van der Waals surface area contributed by atoms with Crippen LogP contribution in [0.1, 0.15) is 18.9 Å². The molecule has 3 heterocycles. The van der Waals surface area contributed by atoms with Crippen LogP contribution in [0.5, 0.6) is 0 Å². The number of aromatic nitrogens is 4. The highest BCUT2D eigenvalue weighted by Gasteiger charge is 2.30. The lowest BCUT2D eigenvalue weighted by molar-refractivity contribution is -0.112. The van der Waals surface area contributed by atoms with Gasteiger partial charge in [0.1, 0.15) is 0 Å². The van der Waals surface area contributed by atoms with Gasteiger partial charge in [0.15, 0.2) is 11.7 Å². The van der Waals surface area contributed by atoms with Crippen LogP contribution in [0.2, 0.25) is 0 Å². The Labute approximate surface area is 166 Å². The van der Waals surface area contributed by atoms with Crippen LogP contribution in [0.15, 0.2) is 52.6 Å². The Bertz CT molecular complexity index is 1190. The first kappa shape index (κ1) is 17.7. The zero-order chi connectivity index (χ0) is 20.0. The summed E-state index contributed by atoms with van der Waals surface area (Å²) in [5, 5.41) is 14.7. The monoisotopic (exact) mass is 411 g/mol. The van der Waals surface area contributed by atoms with Crippen molar-refractivity contribution in [1.82, 2.24) is 25.1 Å². The first-order valence-corrected chi connectivity index (χ1v) is 10.8. The molecule has 2 aliphatic heterocycles. The second-order valence-corrected chi connectivity index (χ2v) is 8.78. The van der Waals surface area contributed by atoms with Crippen molar-refractivity contribution in [3.63, 3.8) is 0 Å². The number of allylic oxidation sites excluding steroid dienone is 2. The van der Waals surface area contributed by atoms with Crippen molar-refractivity contribution in [2.75, 3.05) is 17.6 Å². The van der Waals surface area contributed by atoms with E-state index in [1.54, 1.807) is 46.1 Å². The van der Waals surface area contributed by atoms with E-state index in [0.29, 0.717) is 17.6 Å². The van der Waals surface area contributed by atoms with Gasteiger partial charge < -0.3 is 10.2 Å². The molecular weight excluding hydrogens is 394 g/mol. The Morgan fingerprint density at radius 3 is 2.93 bits per heavy atom. The van der Waals surface area contributed by atoms with Crippen LogP contribution < -0.4 is 5.32 Å². The van der Waals surface area contributed by atoms with Gasteiger partial charge in [0.25, 0.3) is 15.9 Å². The van der Waals surface area contributed by atoms with Gasteiger partial charge in [0, 0.05) is 24.0 Å². The van der Waals surface area contributed by atoms with Crippen molar-refractivity contribution >= 4 is 27.5 Å². The maximum absolute atomic E-state index is 12.9. The van der Waals surface area contributed by atoms with E-state index in [4.69, 9.17) is 0 Å². The Kier molecular flexibility index (Phi) is 4.05. The normalized spacial score (nSPS) is 19.9. The van der Waals surface area contributed by atoms with Gasteiger partial charge in [-0.25, -0.2) is 13.1 Å². The molecule has 1 saturated carbocycles. The number of amidine groups is 1. The zero-order valence-corrected chi connectivity index (χ0v) is 16.1. The molecule has 0 unspecified atom stereocenters. The summed E-state index contributed by atoms with van der Waals surface area (Å²) in [7, 11) is -3.57. The van der Waals surface area contributed by atoms with Crippen LogP contribution in [0.4, 0.5) is 5.69 Å². The molecule has 0 atom stereocenters. The van der Waals surface area contributed by atoms with Crippen molar-refractivity contribution in [3.05, 3.63) is 48.2 Å². The molecule has 0 spiro atoms. The minimum atomic E-state index is -3.57. The predicted molar refractivity (Wildman–Crippen MR) is 105 cm³/mol. The zero-order valence-electron chi connectivity index (χ0n) is 15.3. The minimum absolute atomic E-state index is 0.0759. The number of nitrogens with zero attached hydrogens (tertiary/aromatic N) is 6. The van der Waals surface area contributed by atoms with E-state index in [-0.39, 0.29) is 23.7 Å². The van der Waals surface area contributed by atoms with Gasteiger partial charge in [-0.05, 0) is 47.6 Å². The van der Waals surface area contributed by atoms with Crippen molar-refractivity contribution in [2.45, 2.75) is 18.9 Å². The maximum Gasteiger partial charge on any atom is 0.259 e. The van der Waals surface area contributed by atoms with Gasteiger partial charge in [-0.3, -0.25) is 4.79 Å². The largest absolute Gasteiger partial charge is 0.331 e. The average molecular weight is 411 g/mol. The summed E-state index contributed by atoms with van der Waals surface area (Å²) in [5.41, 5.74) is 1.54. The van der Waals surface area contributed by atoms with E-state index >= 15 is 0 Å². The highest BCUT2D eigenvalue weighted by molar-refractivity contribution is 7.90. The van der Waals surface area contributed by atoms with E-state index in [9.17, 15) is 13.2 Å². The van der Waals surface area contributed by atoms with Crippen LogP contribution in [-0.4, -0.2) is 57.6 Å². The van der Waals surface area contributed by atoms with E-state index in [2.05, 4.69) is 25.2 Å². The summed E-state index contributed by atoms with van der Waals surface area (Å²) < 4.78 is 29.3.